The average molecular weight is 522 g/mol. The summed E-state index contributed by atoms with van der Waals surface area (Å²) in [6, 6.07) is 0. The lowest BCUT2D eigenvalue weighted by molar-refractivity contribution is -1.10. The van der Waals surface area contributed by atoms with Gasteiger partial charge in [0.15, 0.2) is 0 Å². The minimum absolute atomic E-state index is 0.00586. The zero-order chi connectivity index (χ0) is 26.0. The molecule has 0 aromatic carbocycles. The first kappa shape index (κ1) is 32.3. The summed E-state index contributed by atoms with van der Waals surface area (Å²) in [6.07, 6.45) is -0.193. The highest BCUT2D eigenvalue weighted by Gasteiger charge is 2.76. The normalized spacial score (nSPS) is 14.3. The van der Waals surface area contributed by atoms with E-state index in [4.69, 9.17) is 14.2 Å². The van der Waals surface area contributed by atoms with E-state index in [9.17, 15) is 40.0 Å². The van der Waals surface area contributed by atoms with E-state index in [0.717, 1.165) is 0 Å². The van der Waals surface area contributed by atoms with Crippen molar-refractivity contribution in [3.8, 4) is 0 Å². The first-order valence-electron chi connectivity index (χ1n) is 10.4. The van der Waals surface area contributed by atoms with Crippen LogP contribution in [0.2, 0.25) is 0 Å². The molecule has 0 radical (unpaired) electrons. The highest BCUT2D eigenvalue weighted by Crippen LogP contribution is 2.49. The Morgan fingerprint density at radius 3 is 1.82 bits per heavy atom. The summed E-state index contributed by atoms with van der Waals surface area (Å²) in [6.45, 7) is 1.80. The molecule has 1 N–H and O–H groups in total. The summed E-state index contributed by atoms with van der Waals surface area (Å²) in [5, 5.41) is 4.15. The summed E-state index contributed by atoms with van der Waals surface area (Å²) in [7, 11) is -4.76. The maximum absolute atomic E-state index is 14.3. The molecule has 0 fully saturated rings. The Bertz CT molecular complexity index is 659. The standard InChI is InChI=1S/C18H35F6N2O6S/c1-5-26(27,6-2)10-7-8-25(9-11-31-14-15-32-13-12-30-4)33(28,29)18(23,24)17(21,22)16(3,19)20/h27H,5-15H2,1-4H3/q+1. The molecule has 0 heterocycles. The predicted octanol–water partition coefficient (Wildman–Crippen LogP) is 2.82. The summed E-state index contributed by atoms with van der Waals surface area (Å²) in [5.74, 6) is -11.5. The zero-order valence-corrected chi connectivity index (χ0v) is 20.2. The van der Waals surface area contributed by atoms with Crippen LogP contribution in [0.15, 0.2) is 0 Å². The molecule has 0 aliphatic heterocycles. The van der Waals surface area contributed by atoms with E-state index in [2.05, 4.69) is 0 Å². The molecule has 0 aromatic heterocycles. The lowest BCUT2D eigenvalue weighted by Crippen LogP contribution is -2.60. The van der Waals surface area contributed by atoms with E-state index in [0.29, 0.717) is 6.61 Å². The average Bonchev–Trinajstić information content (AvgIpc) is 2.72. The van der Waals surface area contributed by atoms with Gasteiger partial charge < -0.3 is 14.2 Å². The van der Waals surface area contributed by atoms with Crippen molar-refractivity contribution in [3.05, 3.63) is 0 Å². The quantitative estimate of drug-likeness (QED) is 0.122. The monoisotopic (exact) mass is 521 g/mol. The number of quaternary nitrogens is 1. The molecule has 8 nitrogen and oxygen atoms in total. The van der Waals surface area contributed by atoms with Gasteiger partial charge in [-0.3, -0.25) is 0 Å². The minimum atomic E-state index is -6.22. The second-order valence-electron chi connectivity index (χ2n) is 7.41. The van der Waals surface area contributed by atoms with Crippen molar-refractivity contribution >= 4 is 10.0 Å². The molecule has 0 unspecified atom stereocenters. The van der Waals surface area contributed by atoms with Crippen LogP contribution in [0.5, 0.6) is 0 Å². The molecule has 33 heavy (non-hydrogen) atoms. The summed E-state index contributed by atoms with van der Waals surface area (Å²) >= 11 is 0. The van der Waals surface area contributed by atoms with Gasteiger partial charge in [-0.25, -0.2) is 13.6 Å². The number of nitrogens with zero attached hydrogens (tertiary/aromatic N) is 2. The van der Waals surface area contributed by atoms with E-state index in [-0.39, 0.29) is 50.2 Å². The van der Waals surface area contributed by atoms with Gasteiger partial charge >= 0.3 is 17.1 Å². The van der Waals surface area contributed by atoms with Crippen LogP contribution in [-0.4, -0.2) is 113 Å². The maximum atomic E-state index is 14.3. The zero-order valence-electron chi connectivity index (χ0n) is 19.3. The van der Waals surface area contributed by atoms with Gasteiger partial charge in [-0.15, -0.1) is 0 Å². The predicted molar refractivity (Wildman–Crippen MR) is 107 cm³/mol. The highest BCUT2D eigenvalue weighted by atomic mass is 32.2. The maximum Gasteiger partial charge on any atom is 0.427 e. The van der Waals surface area contributed by atoms with Gasteiger partial charge in [0.2, 0.25) is 0 Å². The fraction of sp³-hybridized carbons (Fsp3) is 1.00. The van der Waals surface area contributed by atoms with Crippen LogP contribution in [0.1, 0.15) is 27.2 Å². The van der Waals surface area contributed by atoms with E-state index < -0.39 is 58.4 Å². The van der Waals surface area contributed by atoms with Crippen LogP contribution in [0.25, 0.3) is 0 Å². The lowest BCUT2D eigenvalue weighted by Gasteiger charge is -2.34. The third-order valence-corrected chi connectivity index (χ3v) is 6.98. The van der Waals surface area contributed by atoms with Crippen molar-refractivity contribution in [1.82, 2.24) is 4.31 Å². The lowest BCUT2D eigenvalue weighted by atomic mass is 10.2. The molecule has 0 saturated carbocycles. The Balaban J connectivity index is 5.41. The van der Waals surface area contributed by atoms with Gasteiger partial charge in [0.05, 0.1) is 33.0 Å². The fourth-order valence-corrected chi connectivity index (χ4v) is 4.16. The van der Waals surface area contributed by atoms with E-state index in [1.54, 1.807) is 13.8 Å². The molecule has 0 rings (SSSR count). The van der Waals surface area contributed by atoms with Gasteiger partial charge in [-0.1, -0.05) is 0 Å². The van der Waals surface area contributed by atoms with E-state index in [1.807, 2.05) is 0 Å². The van der Waals surface area contributed by atoms with Crippen LogP contribution in [0, 0.1) is 0 Å². The van der Waals surface area contributed by atoms with Gasteiger partial charge in [0, 0.05) is 33.5 Å². The summed E-state index contributed by atoms with van der Waals surface area (Å²) in [5.41, 5.74) is 0. The Labute approximate surface area is 191 Å². The molecule has 0 bridgehead atoms. The van der Waals surface area contributed by atoms with Crippen molar-refractivity contribution in [2.45, 2.75) is 44.3 Å². The van der Waals surface area contributed by atoms with Crippen molar-refractivity contribution in [3.63, 3.8) is 0 Å². The first-order chi connectivity index (χ1) is 15.0. The smallest absolute Gasteiger partial charge is 0.382 e. The van der Waals surface area contributed by atoms with Crippen molar-refractivity contribution in [1.29, 1.82) is 0 Å². The third kappa shape index (κ3) is 8.78. The third-order valence-electron chi connectivity index (χ3n) is 5.03. The number of sulfonamides is 1. The van der Waals surface area contributed by atoms with Crippen LogP contribution in [0.4, 0.5) is 26.3 Å². The van der Waals surface area contributed by atoms with E-state index >= 15 is 0 Å². The summed E-state index contributed by atoms with van der Waals surface area (Å²) < 4.78 is 122. The molecule has 0 spiro atoms. The number of methoxy groups -OCH3 is 1. The molecule has 15 heteroatoms. The molecule has 0 aliphatic carbocycles. The molecule has 200 valence electrons. The van der Waals surface area contributed by atoms with Gasteiger partial charge in [-0.2, -0.15) is 35.3 Å². The van der Waals surface area contributed by atoms with Crippen LogP contribution < -0.4 is 0 Å². The number of hydrogen-bond acceptors (Lipinski definition) is 6. The molecular formula is C18H35F6N2O6S+. The molecule has 0 aliphatic rings. The van der Waals surface area contributed by atoms with Crippen molar-refractivity contribution < 1.29 is 58.8 Å². The van der Waals surface area contributed by atoms with Gasteiger partial charge in [0.1, 0.15) is 19.6 Å². The second-order valence-corrected chi connectivity index (χ2v) is 9.39. The second kappa shape index (κ2) is 13.4. The minimum Gasteiger partial charge on any atom is -0.382 e. The van der Waals surface area contributed by atoms with Crippen LogP contribution in [-0.2, 0) is 24.2 Å². The Morgan fingerprint density at radius 1 is 0.879 bits per heavy atom. The molecule has 0 saturated heterocycles. The number of halogens is 6. The number of hydrogen-bond donors (Lipinski definition) is 1. The fourth-order valence-electron chi connectivity index (χ4n) is 2.64. The van der Waals surface area contributed by atoms with Crippen molar-refractivity contribution in [2.24, 2.45) is 0 Å². The molecule has 0 amide bonds. The van der Waals surface area contributed by atoms with Crippen molar-refractivity contribution in [2.75, 3.05) is 72.9 Å². The van der Waals surface area contributed by atoms with Gasteiger partial charge in [-0.05, 0) is 13.8 Å². The Hall–Kier alpha value is -0.710. The van der Waals surface area contributed by atoms with Crippen LogP contribution >= 0.6 is 0 Å². The Morgan fingerprint density at radius 2 is 1.36 bits per heavy atom. The SMILES string of the molecule is CC[N+](O)(CC)CCCN(CCOCCOCCOC)S(=O)(=O)C(F)(F)C(F)(F)C(C)(F)F. The summed E-state index contributed by atoms with van der Waals surface area (Å²) in [4.78, 5) is 0. The molecule has 0 atom stereocenters. The largest absolute Gasteiger partial charge is 0.427 e. The number of rotatable bonds is 19. The number of hydroxylamine groups is 3. The first-order valence-corrected chi connectivity index (χ1v) is 11.8. The molecule has 0 aromatic rings. The Kier molecular flexibility index (Phi) is 13.1. The van der Waals surface area contributed by atoms with E-state index in [1.165, 1.54) is 7.11 Å². The number of alkyl halides is 6. The highest BCUT2D eigenvalue weighted by molar-refractivity contribution is 7.90. The van der Waals surface area contributed by atoms with Crippen LogP contribution in [0.3, 0.4) is 0 Å². The number of ether oxygens (including phenoxy) is 3. The topological polar surface area (TPSA) is 85.3 Å². The van der Waals surface area contributed by atoms with Gasteiger partial charge in [0.25, 0.3) is 10.0 Å². The molecular weight excluding hydrogens is 486 g/mol.